The van der Waals surface area contributed by atoms with Crippen LogP contribution in [0.25, 0.3) is 0 Å². The van der Waals surface area contributed by atoms with Crippen molar-refractivity contribution in [3.8, 4) is 5.75 Å². The van der Waals surface area contributed by atoms with Gasteiger partial charge in [0.1, 0.15) is 12.4 Å². The van der Waals surface area contributed by atoms with Crippen molar-refractivity contribution in [3.05, 3.63) is 135 Å². The molecular weight excluding hydrogens is 655 g/mol. The highest BCUT2D eigenvalue weighted by Crippen LogP contribution is 2.46. The van der Waals surface area contributed by atoms with E-state index in [2.05, 4.69) is 5.32 Å². The van der Waals surface area contributed by atoms with Crippen LogP contribution in [0, 0.1) is 0 Å². The molecule has 0 fully saturated rings. The summed E-state index contributed by atoms with van der Waals surface area (Å²) in [5.41, 5.74) is 2.99. The average Bonchev–Trinajstić information content (AvgIpc) is 3.08. The molecule has 48 heavy (non-hydrogen) atoms. The zero-order valence-electron chi connectivity index (χ0n) is 26.2. The summed E-state index contributed by atoms with van der Waals surface area (Å²) in [6, 6.07) is 26.2. The molecule has 0 spiro atoms. The number of aliphatic hydroxyl groups is 2. The van der Waals surface area contributed by atoms with E-state index in [0.717, 1.165) is 11.1 Å². The average molecular weight is 692 g/mol. The zero-order valence-corrected chi connectivity index (χ0v) is 27.7. The molecule has 0 saturated carbocycles. The monoisotopic (exact) mass is 690 g/mol. The Balaban J connectivity index is 1.32. The van der Waals surface area contributed by atoms with Crippen LogP contribution in [0.15, 0.2) is 97.1 Å². The molecule has 11 heteroatoms. The van der Waals surface area contributed by atoms with Crippen molar-refractivity contribution >= 4 is 41.0 Å². The fourth-order valence-electron chi connectivity index (χ4n) is 5.90. The van der Waals surface area contributed by atoms with Crippen LogP contribution in [-0.4, -0.2) is 64.8 Å². The minimum absolute atomic E-state index is 0.158. The van der Waals surface area contributed by atoms with Gasteiger partial charge in [0, 0.05) is 22.2 Å². The van der Waals surface area contributed by atoms with E-state index < -0.39 is 42.6 Å². The van der Waals surface area contributed by atoms with Gasteiger partial charge < -0.3 is 29.9 Å². The summed E-state index contributed by atoms with van der Waals surface area (Å²) in [4.78, 5) is 41.6. The van der Waals surface area contributed by atoms with Crippen LogP contribution in [0.4, 0.5) is 0 Å². The van der Waals surface area contributed by atoms with Crippen LogP contribution in [0.5, 0.6) is 5.75 Å². The van der Waals surface area contributed by atoms with E-state index in [9.17, 15) is 24.6 Å². The molecule has 5 rings (SSSR count). The fourth-order valence-corrected chi connectivity index (χ4v) is 6.42. The molecule has 4 atom stereocenters. The smallest absolute Gasteiger partial charge is 0.344 e. The van der Waals surface area contributed by atoms with Crippen LogP contribution in [0.3, 0.4) is 0 Å². The maximum atomic E-state index is 14.1. The molecule has 9 nitrogen and oxygen atoms in total. The van der Waals surface area contributed by atoms with Crippen molar-refractivity contribution in [2.45, 2.75) is 44.1 Å². The first-order chi connectivity index (χ1) is 23.2. The molecule has 3 N–H and O–H groups in total. The Hall–Kier alpha value is -4.41. The number of hydrogen-bond donors (Lipinski definition) is 3. The molecule has 1 heterocycles. The second kappa shape index (κ2) is 16.1. The maximum absolute atomic E-state index is 14.1. The lowest BCUT2D eigenvalue weighted by atomic mass is 9.78. The number of nitrogens with zero attached hydrogens (tertiary/aromatic N) is 1. The van der Waals surface area contributed by atoms with E-state index in [1.165, 1.54) is 17.9 Å². The van der Waals surface area contributed by atoms with E-state index in [-0.39, 0.29) is 30.7 Å². The second-order valence-electron chi connectivity index (χ2n) is 11.5. The number of fused-ring (bicyclic) bond motifs is 1. The number of ether oxygens (including phenoxy) is 2. The predicted molar refractivity (Wildman–Crippen MR) is 182 cm³/mol. The number of carbonyl (C=O) groups is 3. The third kappa shape index (κ3) is 8.17. The Morgan fingerprint density at radius 2 is 1.65 bits per heavy atom. The highest BCUT2D eigenvalue weighted by Gasteiger charge is 2.48. The number of hydrogen-bond acceptors (Lipinski definition) is 7. The SMILES string of the molecule is C[C@H](O)[C@H](CO)N1C(=O)c2ccccc2[C@H](C(=O)NCCc2cccc(OCC(=O)OCc3ccccc3)c2)[C@H]1c1ccc(Cl)cc1Cl. The van der Waals surface area contributed by atoms with Crippen molar-refractivity contribution in [1.82, 2.24) is 10.2 Å². The molecular formula is C37H36Cl2N2O7. The number of esters is 1. The topological polar surface area (TPSA) is 125 Å². The van der Waals surface area contributed by atoms with Gasteiger partial charge in [-0.2, -0.15) is 0 Å². The lowest BCUT2D eigenvalue weighted by Gasteiger charge is -2.46. The third-order valence-electron chi connectivity index (χ3n) is 8.25. The van der Waals surface area contributed by atoms with E-state index in [1.807, 2.05) is 36.4 Å². The Labute approximate surface area is 289 Å². The van der Waals surface area contributed by atoms with Gasteiger partial charge in [0.25, 0.3) is 5.91 Å². The quantitative estimate of drug-likeness (QED) is 0.158. The molecule has 0 unspecified atom stereocenters. The Morgan fingerprint density at radius 3 is 2.38 bits per heavy atom. The fraction of sp³-hybridized carbons (Fsp3) is 0.270. The Kier molecular flexibility index (Phi) is 11.7. The molecule has 0 saturated heterocycles. The molecule has 4 aromatic rings. The molecule has 1 aliphatic heterocycles. The summed E-state index contributed by atoms with van der Waals surface area (Å²) in [6.07, 6.45) is -0.667. The first-order valence-electron chi connectivity index (χ1n) is 15.5. The Bertz CT molecular complexity index is 1750. The van der Waals surface area contributed by atoms with E-state index in [0.29, 0.717) is 33.9 Å². The molecule has 4 aromatic carbocycles. The van der Waals surface area contributed by atoms with Crippen LogP contribution < -0.4 is 10.1 Å². The minimum Gasteiger partial charge on any atom is -0.482 e. The predicted octanol–water partition coefficient (Wildman–Crippen LogP) is 5.50. The minimum atomic E-state index is -1.11. The van der Waals surface area contributed by atoms with Gasteiger partial charge in [-0.25, -0.2) is 4.79 Å². The summed E-state index contributed by atoms with van der Waals surface area (Å²) in [5.74, 6) is -1.75. The highest BCUT2D eigenvalue weighted by molar-refractivity contribution is 6.35. The Morgan fingerprint density at radius 1 is 0.917 bits per heavy atom. The van der Waals surface area contributed by atoms with Crippen LogP contribution >= 0.6 is 23.2 Å². The van der Waals surface area contributed by atoms with Crippen LogP contribution in [0.1, 0.15) is 51.5 Å². The summed E-state index contributed by atoms with van der Waals surface area (Å²) in [6.45, 7) is 1.10. The summed E-state index contributed by atoms with van der Waals surface area (Å²) < 4.78 is 10.9. The van der Waals surface area contributed by atoms with Gasteiger partial charge >= 0.3 is 5.97 Å². The normalized spacial score (nSPS) is 16.9. The van der Waals surface area contributed by atoms with Crippen molar-refractivity contribution in [1.29, 1.82) is 0 Å². The summed E-state index contributed by atoms with van der Waals surface area (Å²) in [7, 11) is 0. The molecule has 2 amide bonds. The van der Waals surface area contributed by atoms with Gasteiger partial charge in [-0.3, -0.25) is 9.59 Å². The molecule has 250 valence electrons. The largest absolute Gasteiger partial charge is 0.482 e. The number of benzene rings is 4. The summed E-state index contributed by atoms with van der Waals surface area (Å²) in [5, 5.41) is 24.6. The van der Waals surface area contributed by atoms with Gasteiger partial charge in [0.2, 0.25) is 5.91 Å². The number of nitrogens with one attached hydrogen (secondary N) is 1. The molecule has 0 bridgehead atoms. The number of amides is 2. The van der Waals surface area contributed by atoms with Crippen LogP contribution in [0.2, 0.25) is 10.0 Å². The number of carbonyl (C=O) groups excluding carboxylic acids is 3. The van der Waals surface area contributed by atoms with Crippen molar-refractivity contribution < 1.29 is 34.1 Å². The van der Waals surface area contributed by atoms with Gasteiger partial charge in [-0.05, 0) is 65.9 Å². The first kappa shape index (κ1) is 34.9. The number of halogens is 2. The highest BCUT2D eigenvalue weighted by atomic mass is 35.5. The second-order valence-corrected chi connectivity index (χ2v) is 12.3. The van der Waals surface area contributed by atoms with E-state index in [1.54, 1.807) is 54.6 Å². The van der Waals surface area contributed by atoms with Gasteiger partial charge in [-0.15, -0.1) is 0 Å². The molecule has 1 aliphatic rings. The molecule has 0 aliphatic carbocycles. The molecule has 0 aromatic heterocycles. The summed E-state index contributed by atoms with van der Waals surface area (Å²) >= 11 is 12.9. The van der Waals surface area contributed by atoms with E-state index in [4.69, 9.17) is 32.7 Å². The first-order valence-corrected chi connectivity index (χ1v) is 16.3. The lowest BCUT2D eigenvalue weighted by Crippen LogP contribution is -2.55. The van der Waals surface area contributed by atoms with Crippen molar-refractivity contribution in [3.63, 3.8) is 0 Å². The lowest BCUT2D eigenvalue weighted by molar-refractivity contribution is -0.147. The van der Waals surface area contributed by atoms with Gasteiger partial charge in [0.15, 0.2) is 6.61 Å². The van der Waals surface area contributed by atoms with Gasteiger partial charge in [0.05, 0.1) is 30.7 Å². The third-order valence-corrected chi connectivity index (χ3v) is 8.81. The standard InChI is InChI=1S/C37H36Cl2N2O7/c1-23(43)32(20-42)41-35(30-15-14-26(38)19-31(30)39)34(28-12-5-6-13-29(28)37(41)46)36(45)40-17-16-24-10-7-11-27(18-24)47-22-33(44)48-21-25-8-3-2-4-9-25/h2-15,18-19,23,32,34-35,42-43H,16-17,20-22H2,1H3,(H,40,45)/t23-,32-,34-,35+/m0/s1. The maximum Gasteiger partial charge on any atom is 0.344 e. The van der Waals surface area contributed by atoms with Crippen molar-refractivity contribution in [2.75, 3.05) is 19.8 Å². The van der Waals surface area contributed by atoms with Gasteiger partial charge in [-0.1, -0.05) is 89.9 Å². The number of rotatable bonds is 13. The van der Waals surface area contributed by atoms with Crippen molar-refractivity contribution in [2.24, 2.45) is 0 Å². The zero-order chi connectivity index (χ0) is 34.2. The number of aliphatic hydroxyl groups excluding tert-OH is 2. The van der Waals surface area contributed by atoms with E-state index >= 15 is 0 Å². The molecule has 0 radical (unpaired) electrons. The van der Waals surface area contributed by atoms with Crippen LogP contribution in [-0.2, 0) is 27.4 Å².